The van der Waals surface area contributed by atoms with Gasteiger partial charge < -0.3 is 10.3 Å². The minimum absolute atomic E-state index is 0.200. The summed E-state index contributed by atoms with van der Waals surface area (Å²) in [4.78, 5) is 11.7. The quantitative estimate of drug-likeness (QED) is 0.607. The van der Waals surface area contributed by atoms with Gasteiger partial charge in [0.1, 0.15) is 23.5 Å². The number of anilines is 1. The van der Waals surface area contributed by atoms with E-state index in [1.807, 2.05) is 0 Å². The first-order chi connectivity index (χ1) is 12.2. The van der Waals surface area contributed by atoms with Crippen molar-refractivity contribution in [1.29, 1.82) is 4.78 Å². The SMILES string of the molecule is Cc1[nH]c(C(Nc2ccc(Cl)cn2)c2ccc(F)cc2)nc1S(C)(=N)=O. The van der Waals surface area contributed by atoms with Gasteiger partial charge >= 0.3 is 0 Å². The van der Waals surface area contributed by atoms with Crippen LogP contribution in [0.4, 0.5) is 10.2 Å². The van der Waals surface area contributed by atoms with Gasteiger partial charge in [0.15, 0.2) is 5.03 Å². The summed E-state index contributed by atoms with van der Waals surface area (Å²) < 4.78 is 33.2. The molecule has 1 aromatic carbocycles. The Labute approximate surface area is 155 Å². The van der Waals surface area contributed by atoms with Crippen molar-refractivity contribution in [2.24, 2.45) is 0 Å². The third-order valence-electron chi connectivity index (χ3n) is 3.72. The molecule has 0 amide bonds. The third-order valence-corrected chi connectivity index (χ3v) is 5.08. The average molecular weight is 394 g/mol. The Hall–Kier alpha value is -2.45. The predicted molar refractivity (Wildman–Crippen MR) is 99.5 cm³/mol. The van der Waals surface area contributed by atoms with E-state index in [-0.39, 0.29) is 10.8 Å². The van der Waals surface area contributed by atoms with Gasteiger partial charge in [-0.25, -0.2) is 23.3 Å². The maximum atomic E-state index is 13.3. The van der Waals surface area contributed by atoms with E-state index >= 15 is 0 Å². The van der Waals surface area contributed by atoms with Crippen molar-refractivity contribution in [2.75, 3.05) is 11.6 Å². The van der Waals surface area contributed by atoms with E-state index in [0.717, 1.165) is 5.56 Å². The number of hydrogen-bond donors (Lipinski definition) is 3. The molecule has 9 heteroatoms. The van der Waals surface area contributed by atoms with Gasteiger partial charge in [-0.2, -0.15) is 0 Å². The van der Waals surface area contributed by atoms with Crippen molar-refractivity contribution in [2.45, 2.75) is 18.0 Å². The summed E-state index contributed by atoms with van der Waals surface area (Å²) in [7, 11) is -2.98. The molecule has 2 heterocycles. The molecule has 136 valence electrons. The Balaban J connectivity index is 2.05. The number of halogens is 2. The van der Waals surface area contributed by atoms with Gasteiger partial charge in [-0.1, -0.05) is 23.7 Å². The van der Waals surface area contributed by atoms with Crippen LogP contribution >= 0.6 is 11.6 Å². The Morgan fingerprint density at radius 2 is 1.96 bits per heavy atom. The maximum absolute atomic E-state index is 13.3. The molecule has 0 radical (unpaired) electrons. The number of aryl methyl sites for hydroxylation is 1. The van der Waals surface area contributed by atoms with Gasteiger partial charge in [-0.15, -0.1) is 0 Å². The summed E-state index contributed by atoms with van der Waals surface area (Å²) in [5, 5.41) is 3.91. The lowest BCUT2D eigenvalue weighted by atomic mass is 10.1. The summed E-state index contributed by atoms with van der Waals surface area (Å²) in [6.45, 7) is 1.71. The van der Waals surface area contributed by atoms with Crippen LogP contribution < -0.4 is 5.32 Å². The number of benzene rings is 1. The summed E-state index contributed by atoms with van der Waals surface area (Å²) in [6.07, 6.45) is 2.83. The monoisotopic (exact) mass is 393 g/mol. The average Bonchev–Trinajstić information content (AvgIpc) is 2.97. The van der Waals surface area contributed by atoms with E-state index in [9.17, 15) is 8.60 Å². The Morgan fingerprint density at radius 3 is 2.50 bits per heavy atom. The Kier molecular flexibility index (Phi) is 4.97. The van der Waals surface area contributed by atoms with E-state index in [1.54, 1.807) is 31.2 Å². The van der Waals surface area contributed by atoms with Gasteiger partial charge in [-0.05, 0) is 36.8 Å². The molecule has 3 N–H and O–H groups in total. The van der Waals surface area contributed by atoms with Crippen LogP contribution in [0.15, 0.2) is 47.6 Å². The van der Waals surface area contributed by atoms with Crippen LogP contribution in [0.3, 0.4) is 0 Å². The molecule has 0 saturated heterocycles. The molecule has 0 aliphatic rings. The van der Waals surface area contributed by atoms with Crippen molar-refractivity contribution in [3.05, 3.63) is 70.5 Å². The molecule has 0 aliphatic heterocycles. The van der Waals surface area contributed by atoms with Crippen molar-refractivity contribution in [1.82, 2.24) is 15.0 Å². The number of nitrogens with zero attached hydrogens (tertiary/aromatic N) is 2. The zero-order chi connectivity index (χ0) is 18.9. The third kappa shape index (κ3) is 4.03. The first kappa shape index (κ1) is 18.3. The summed E-state index contributed by atoms with van der Waals surface area (Å²) in [5.41, 5.74) is 1.29. The van der Waals surface area contributed by atoms with Gasteiger partial charge in [0.2, 0.25) is 0 Å². The van der Waals surface area contributed by atoms with E-state index < -0.39 is 15.8 Å². The van der Waals surface area contributed by atoms with E-state index in [4.69, 9.17) is 16.4 Å². The molecule has 0 saturated carbocycles. The number of H-pyrrole nitrogens is 1. The van der Waals surface area contributed by atoms with Crippen molar-refractivity contribution in [3.63, 3.8) is 0 Å². The molecule has 26 heavy (non-hydrogen) atoms. The molecule has 3 rings (SSSR count). The Morgan fingerprint density at radius 1 is 1.27 bits per heavy atom. The topological polar surface area (TPSA) is 94.5 Å². The highest BCUT2D eigenvalue weighted by Gasteiger charge is 2.22. The van der Waals surface area contributed by atoms with Crippen LogP contribution in [-0.2, 0) is 9.73 Å². The summed E-state index contributed by atoms with van der Waals surface area (Å²) in [6, 6.07) is 8.86. The number of nitrogens with one attached hydrogen (secondary N) is 3. The summed E-state index contributed by atoms with van der Waals surface area (Å²) in [5.74, 6) is 0.654. The number of aromatic amines is 1. The first-order valence-corrected chi connectivity index (χ1v) is 10.0. The van der Waals surface area contributed by atoms with Crippen LogP contribution in [0.2, 0.25) is 5.02 Å². The van der Waals surface area contributed by atoms with E-state index in [0.29, 0.717) is 22.4 Å². The van der Waals surface area contributed by atoms with Crippen molar-refractivity contribution in [3.8, 4) is 0 Å². The lowest BCUT2D eigenvalue weighted by Crippen LogP contribution is -2.15. The zero-order valence-electron chi connectivity index (χ0n) is 14.1. The molecule has 0 fully saturated rings. The molecule has 0 bridgehead atoms. The van der Waals surface area contributed by atoms with Gasteiger partial charge in [0.25, 0.3) is 0 Å². The smallest absolute Gasteiger partial charge is 0.156 e. The molecule has 2 atom stereocenters. The second-order valence-corrected chi connectivity index (χ2v) is 8.40. The molecular weight excluding hydrogens is 377 g/mol. The fraction of sp³-hybridized carbons (Fsp3) is 0.176. The highest BCUT2D eigenvalue weighted by atomic mass is 35.5. The summed E-state index contributed by atoms with van der Waals surface area (Å²) >= 11 is 5.87. The van der Waals surface area contributed by atoms with Gasteiger partial charge in [-0.3, -0.25) is 0 Å². The maximum Gasteiger partial charge on any atom is 0.156 e. The highest BCUT2D eigenvalue weighted by Crippen LogP contribution is 2.27. The fourth-order valence-electron chi connectivity index (χ4n) is 2.56. The minimum Gasteiger partial charge on any atom is -0.356 e. The van der Waals surface area contributed by atoms with E-state index in [1.165, 1.54) is 24.6 Å². The van der Waals surface area contributed by atoms with Crippen molar-refractivity contribution < 1.29 is 8.60 Å². The first-order valence-electron chi connectivity index (χ1n) is 7.68. The van der Waals surface area contributed by atoms with Crippen LogP contribution in [0.25, 0.3) is 0 Å². The lowest BCUT2D eigenvalue weighted by molar-refractivity contribution is 0.626. The van der Waals surface area contributed by atoms with Gasteiger partial charge in [0, 0.05) is 18.1 Å². The number of imidazole rings is 1. The second kappa shape index (κ2) is 7.05. The number of aromatic nitrogens is 3. The highest BCUT2D eigenvalue weighted by molar-refractivity contribution is 7.91. The lowest BCUT2D eigenvalue weighted by Gasteiger charge is -2.18. The molecule has 0 aliphatic carbocycles. The predicted octanol–water partition coefficient (Wildman–Crippen LogP) is 4.14. The number of hydrogen-bond acceptors (Lipinski definition) is 5. The molecular formula is C17H17ClFN5OS. The van der Waals surface area contributed by atoms with Crippen LogP contribution in [-0.4, -0.2) is 25.4 Å². The Bertz CT molecular complexity index is 1020. The molecule has 2 aromatic heterocycles. The number of pyridine rings is 1. The molecule has 0 spiro atoms. The molecule has 3 aromatic rings. The van der Waals surface area contributed by atoms with E-state index in [2.05, 4.69) is 20.3 Å². The fourth-order valence-corrected chi connectivity index (χ4v) is 3.58. The molecule has 6 nitrogen and oxygen atoms in total. The van der Waals surface area contributed by atoms with Crippen molar-refractivity contribution >= 4 is 27.1 Å². The molecule has 2 unspecified atom stereocenters. The largest absolute Gasteiger partial charge is 0.356 e. The zero-order valence-corrected chi connectivity index (χ0v) is 15.7. The second-order valence-electron chi connectivity index (χ2n) is 5.89. The normalized spacial score (nSPS) is 14.6. The van der Waals surface area contributed by atoms with Crippen LogP contribution in [0, 0.1) is 17.5 Å². The standard InChI is InChI=1S/C17H17ClFN5OS/c1-10-17(26(2,20)25)24-16(22-10)15(11-3-6-13(19)7-4-11)23-14-8-5-12(18)9-21-14/h3-9,15,20H,1-2H3,(H,21,23)(H,22,24). The van der Waals surface area contributed by atoms with Crippen LogP contribution in [0.1, 0.15) is 23.1 Å². The van der Waals surface area contributed by atoms with Crippen LogP contribution in [0.5, 0.6) is 0 Å². The van der Waals surface area contributed by atoms with Gasteiger partial charge in [0.05, 0.1) is 14.8 Å². The minimum atomic E-state index is -2.98. The number of rotatable bonds is 5.